The van der Waals surface area contributed by atoms with Gasteiger partial charge in [-0.05, 0) is 52.0 Å². The van der Waals surface area contributed by atoms with Crippen LogP contribution in [-0.2, 0) is 9.59 Å². The standard InChI is InChI=1S/C15H27N3O2/c1-4-17(5-2)15(20)12-7-6-10-18(12)13(11-8-9-11)14(19)16-3/h11-13H,4-10H2,1-3H3,(H,16,19). The Labute approximate surface area is 121 Å². The van der Waals surface area contributed by atoms with Crippen molar-refractivity contribution < 1.29 is 9.59 Å². The number of nitrogens with zero attached hydrogens (tertiary/aromatic N) is 2. The van der Waals surface area contributed by atoms with E-state index in [-0.39, 0.29) is 23.9 Å². The molecule has 0 aromatic rings. The van der Waals surface area contributed by atoms with E-state index in [0.717, 1.165) is 45.3 Å². The van der Waals surface area contributed by atoms with Crippen molar-refractivity contribution in [2.45, 2.75) is 51.6 Å². The van der Waals surface area contributed by atoms with Gasteiger partial charge >= 0.3 is 0 Å². The monoisotopic (exact) mass is 281 g/mol. The number of likely N-dealkylation sites (N-methyl/N-ethyl adjacent to an activating group) is 2. The van der Waals surface area contributed by atoms with Crippen LogP contribution in [0.5, 0.6) is 0 Å². The Bertz CT molecular complexity index is 364. The number of likely N-dealkylation sites (tertiary alicyclic amines) is 1. The molecule has 1 aliphatic carbocycles. The molecule has 2 rings (SSSR count). The molecule has 0 aromatic carbocycles. The van der Waals surface area contributed by atoms with Gasteiger partial charge in [-0.2, -0.15) is 0 Å². The lowest BCUT2D eigenvalue weighted by molar-refractivity contribution is -0.138. The van der Waals surface area contributed by atoms with Gasteiger partial charge in [0.1, 0.15) is 0 Å². The Kier molecular flexibility index (Phi) is 5.02. The molecule has 2 fully saturated rings. The molecular weight excluding hydrogens is 254 g/mol. The third kappa shape index (κ3) is 2.97. The van der Waals surface area contributed by atoms with E-state index < -0.39 is 0 Å². The fourth-order valence-corrected chi connectivity index (χ4v) is 3.33. The first kappa shape index (κ1) is 15.3. The van der Waals surface area contributed by atoms with Gasteiger partial charge in [-0.3, -0.25) is 14.5 Å². The van der Waals surface area contributed by atoms with Gasteiger partial charge in [0.05, 0.1) is 12.1 Å². The van der Waals surface area contributed by atoms with E-state index in [2.05, 4.69) is 10.2 Å². The number of amides is 2. The van der Waals surface area contributed by atoms with E-state index in [9.17, 15) is 9.59 Å². The zero-order chi connectivity index (χ0) is 14.7. The lowest BCUT2D eigenvalue weighted by Crippen LogP contribution is -2.54. The van der Waals surface area contributed by atoms with E-state index in [1.165, 1.54) is 0 Å². The second kappa shape index (κ2) is 6.57. The van der Waals surface area contributed by atoms with E-state index in [1.807, 2.05) is 18.7 Å². The maximum absolute atomic E-state index is 12.6. The molecule has 0 aromatic heterocycles. The molecule has 0 bridgehead atoms. The highest BCUT2D eigenvalue weighted by atomic mass is 16.2. The summed E-state index contributed by atoms with van der Waals surface area (Å²) in [5.74, 6) is 0.717. The second-order valence-electron chi connectivity index (χ2n) is 5.80. The Morgan fingerprint density at radius 3 is 2.40 bits per heavy atom. The number of carbonyl (C=O) groups excluding carboxylic acids is 2. The van der Waals surface area contributed by atoms with Crippen LogP contribution in [0, 0.1) is 5.92 Å². The Morgan fingerprint density at radius 1 is 1.25 bits per heavy atom. The third-order valence-electron chi connectivity index (χ3n) is 4.60. The van der Waals surface area contributed by atoms with Gasteiger partial charge in [0, 0.05) is 20.1 Å². The van der Waals surface area contributed by atoms with Crippen LogP contribution in [0.4, 0.5) is 0 Å². The van der Waals surface area contributed by atoms with Crippen molar-refractivity contribution in [3.05, 3.63) is 0 Å². The molecule has 5 heteroatoms. The smallest absolute Gasteiger partial charge is 0.239 e. The zero-order valence-corrected chi connectivity index (χ0v) is 12.9. The first-order valence-corrected chi connectivity index (χ1v) is 7.90. The van der Waals surface area contributed by atoms with Crippen LogP contribution in [0.15, 0.2) is 0 Å². The molecule has 2 unspecified atom stereocenters. The SMILES string of the molecule is CCN(CC)C(=O)C1CCCN1C(C(=O)NC)C1CC1. The molecule has 1 N–H and O–H groups in total. The zero-order valence-electron chi connectivity index (χ0n) is 12.9. The van der Waals surface area contributed by atoms with Crippen LogP contribution in [0.3, 0.4) is 0 Å². The van der Waals surface area contributed by atoms with Crippen molar-refractivity contribution in [2.24, 2.45) is 5.92 Å². The van der Waals surface area contributed by atoms with Crippen molar-refractivity contribution in [1.82, 2.24) is 15.1 Å². The van der Waals surface area contributed by atoms with Crippen molar-refractivity contribution in [3.8, 4) is 0 Å². The molecule has 0 spiro atoms. The number of rotatable bonds is 6. The van der Waals surface area contributed by atoms with Crippen LogP contribution in [0.2, 0.25) is 0 Å². The highest BCUT2D eigenvalue weighted by Crippen LogP contribution is 2.38. The first-order valence-electron chi connectivity index (χ1n) is 7.90. The highest BCUT2D eigenvalue weighted by molar-refractivity contribution is 5.86. The number of hydrogen-bond acceptors (Lipinski definition) is 3. The van der Waals surface area contributed by atoms with Crippen LogP contribution >= 0.6 is 0 Å². The van der Waals surface area contributed by atoms with Gasteiger partial charge in [-0.1, -0.05) is 0 Å². The summed E-state index contributed by atoms with van der Waals surface area (Å²) < 4.78 is 0. The molecule has 2 amide bonds. The maximum atomic E-state index is 12.6. The minimum Gasteiger partial charge on any atom is -0.358 e. The van der Waals surface area contributed by atoms with Gasteiger partial charge in [0.25, 0.3) is 0 Å². The van der Waals surface area contributed by atoms with E-state index in [4.69, 9.17) is 0 Å². The molecule has 2 aliphatic rings. The predicted molar refractivity (Wildman–Crippen MR) is 78.2 cm³/mol. The van der Waals surface area contributed by atoms with Gasteiger partial charge in [-0.25, -0.2) is 0 Å². The summed E-state index contributed by atoms with van der Waals surface area (Å²) in [5, 5.41) is 2.77. The fourth-order valence-electron chi connectivity index (χ4n) is 3.33. The lowest BCUT2D eigenvalue weighted by atomic mass is 10.1. The number of nitrogens with one attached hydrogen (secondary N) is 1. The molecule has 1 aliphatic heterocycles. The minimum atomic E-state index is -0.105. The molecule has 1 saturated heterocycles. The molecule has 5 nitrogen and oxygen atoms in total. The molecule has 0 radical (unpaired) electrons. The van der Waals surface area contributed by atoms with Gasteiger partial charge in [0.2, 0.25) is 11.8 Å². The summed E-state index contributed by atoms with van der Waals surface area (Å²) >= 11 is 0. The van der Waals surface area contributed by atoms with Crippen molar-refractivity contribution in [1.29, 1.82) is 0 Å². The maximum Gasteiger partial charge on any atom is 0.239 e. The van der Waals surface area contributed by atoms with Crippen LogP contribution < -0.4 is 5.32 Å². The molecule has 20 heavy (non-hydrogen) atoms. The molecule has 1 saturated carbocycles. The summed E-state index contributed by atoms with van der Waals surface area (Å²) in [6.45, 7) is 6.38. The lowest BCUT2D eigenvalue weighted by Gasteiger charge is -2.33. The Hall–Kier alpha value is -1.10. The van der Waals surface area contributed by atoms with E-state index >= 15 is 0 Å². The number of hydrogen-bond donors (Lipinski definition) is 1. The Balaban J connectivity index is 2.12. The van der Waals surface area contributed by atoms with Gasteiger partial charge in [-0.15, -0.1) is 0 Å². The quantitative estimate of drug-likeness (QED) is 0.785. The average Bonchev–Trinajstić information content (AvgIpc) is 3.17. The van der Waals surface area contributed by atoms with E-state index in [1.54, 1.807) is 7.05 Å². The summed E-state index contributed by atoms with van der Waals surface area (Å²) in [7, 11) is 1.69. The van der Waals surface area contributed by atoms with Crippen molar-refractivity contribution >= 4 is 11.8 Å². The second-order valence-corrected chi connectivity index (χ2v) is 5.80. The predicted octanol–water partition coefficient (Wildman–Crippen LogP) is 0.844. The first-order chi connectivity index (χ1) is 9.63. The summed E-state index contributed by atoms with van der Waals surface area (Å²) in [6, 6.07) is -0.204. The van der Waals surface area contributed by atoms with Gasteiger partial charge in [0.15, 0.2) is 0 Å². The average molecular weight is 281 g/mol. The largest absolute Gasteiger partial charge is 0.358 e. The molecule has 2 atom stereocenters. The van der Waals surface area contributed by atoms with Crippen molar-refractivity contribution in [2.75, 3.05) is 26.7 Å². The summed E-state index contributed by atoms with van der Waals surface area (Å²) in [5.41, 5.74) is 0. The van der Waals surface area contributed by atoms with Crippen molar-refractivity contribution in [3.63, 3.8) is 0 Å². The fraction of sp³-hybridized carbons (Fsp3) is 0.867. The highest BCUT2D eigenvalue weighted by Gasteiger charge is 2.46. The number of carbonyl (C=O) groups is 2. The van der Waals surface area contributed by atoms with Crippen LogP contribution in [0.25, 0.3) is 0 Å². The van der Waals surface area contributed by atoms with Crippen LogP contribution in [0.1, 0.15) is 39.5 Å². The third-order valence-corrected chi connectivity index (χ3v) is 4.60. The molecule has 114 valence electrons. The van der Waals surface area contributed by atoms with E-state index in [0.29, 0.717) is 5.92 Å². The van der Waals surface area contributed by atoms with Gasteiger partial charge < -0.3 is 10.2 Å². The summed E-state index contributed by atoms with van der Waals surface area (Å²) in [6.07, 6.45) is 4.12. The molecule has 1 heterocycles. The Morgan fingerprint density at radius 2 is 1.90 bits per heavy atom. The topological polar surface area (TPSA) is 52.7 Å². The minimum absolute atomic E-state index is 0.0757. The normalized spacial score (nSPS) is 24.4. The molecular formula is C15H27N3O2. The van der Waals surface area contributed by atoms with Crippen LogP contribution in [-0.4, -0.2) is 60.4 Å². The summed E-state index contributed by atoms with van der Waals surface area (Å²) in [4.78, 5) is 28.9.